The number of anilines is 1. The van der Waals surface area contributed by atoms with Gasteiger partial charge in [0.1, 0.15) is 23.1 Å². The third kappa shape index (κ3) is 5.07. The van der Waals surface area contributed by atoms with E-state index in [1.165, 1.54) is 5.56 Å². The van der Waals surface area contributed by atoms with Gasteiger partial charge in [-0.2, -0.15) is 0 Å². The Labute approximate surface area is 165 Å². The highest BCUT2D eigenvalue weighted by atomic mass is 16.5. The van der Waals surface area contributed by atoms with Crippen molar-refractivity contribution in [2.24, 2.45) is 0 Å². The molecule has 144 valence electrons. The largest absolute Gasteiger partial charge is 0.497 e. The molecule has 0 spiro atoms. The van der Waals surface area contributed by atoms with Crippen molar-refractivity contribution in [3.63, 3.8) is 0 Å². The minimum atomic E-state index is -0.226. The predicted octanol–water partition coefficient (Wildman–Crippen LogP) is 3.36. The van der Waals surface area contributed by atoms with Crippen molar-refractivity contribution in [3.8, 4) is 5.75 Å². The summed E-state index contributed by atoms with van der Waals surface area (Å²) < 4.78 is 5.15. The summed E-state index contributed by atoms with van der Waals surface area (Å²) in [5.74, 6) is 1.83. The lowest BCUT2D eigenvalue weighted by atomic mass is 10.2. The summed E-state index contributed by atoms with van der Waals surface area (Å²) in [7, 11) is 3.58. The average Bonchev–Trinajstić information content (AvgIpc) is 2.72. The van der Waals surface area contributed by atoms with Crippen molar-refractivity contribution in [2.45, 2.75) is 20.0 Å². The van der Waals surface area contributed by atoms with E-state index in [0.29, 0.717) is 30.4 Å². The molecule has 0 unspecified atom stereocenters. The van der Waals surface area contributed by atoms with Crippen LogP contribution in [0.25, 0.3) is 0 Å². The summed E-state index contributed by atoms with van der Waals surface area (Å²) in [4.78, 5) is 23.3. The van der Waals surface area contributed by atoms with Crippen LogP contribution >= 0.6 is 0 Å². The summed E-state index contributed by atoms with van der Waals surface area (Å²) in [6, 6.07) is 19.4. The number of carbonyl (C=O) groups is 1. The highest BCUT2D eigenvalue weighted by Crippen LogP contribution is 2.15. The number of nitrogens with zero attached hydrogens (tertiary/aromatic N) is 3. The van der Waals surface area contributed by atoms with Gasteiger partial charge in [-0.15, -0.1) is 0 Å². The van der Waals surface area contributed by atoms with Gasteiger partial charge in [-0.05, 0) is 30.2 Å². The smallest absolute Gasteiger partial charge is 0.270 e. The number of hydrogen-bond donors (Lipinski definition) is 1. The molecule has 0 aliphatic carbocycles. The first-order valence-electron chi connectivity index (χ1n) is 9.07. The van der Waals surface area contributed by atoms with Crippen LogP contribution in [0.1, 0.15) is 27.4 Å². The maximum atomic E-state index is 12.6. The van der Waals surface area contributed by atoms with E-state index in [0.717, 1.165) is 11.3 Å². The van der Waals surface area contributed by atoms with Crippen LogP contribution in [0.4, 0.5) is 5.82 Å². The van der Waals surface area contributed by atoms with Gasteiger partial charge in [0.25, 0.3) is 5.91 Å². The maximum Gasteiger partial charge on any atom is 0.270 e. The number of nitrogens with one attached hydrogen (secondary N) is 1. The Hall–Kier alpha value is -3.41. The minimum absolute atomic E-state index is 0.226. The molecule has 6 nitrogen and oxygen atoms in total. The van der Waals surface area contributed by atoms with E-state index in [9.17, 15) is 4.79 Å². The maximum absolute atomic E-state index is 12.6. The van der Waals surface area contributed by atoms with Crippen molar-refractivity contribution < 1.29 is 9.53 Å². The summed E-state index contributed by atoms with van der Waals surface area (Å²) in [5, 5.41) is 2.91. The number of aryl methyl sites for hydroxylation is 1. The molecular weight excluding hydrogens is 352 g/mol. The van der Waals surface area contributed by atoms with Crippen molar-refractivity contribution in [3.05, 3.63) is 83.3 Å². The molecule has 1 aromatic heterocycles. The lowest BCUT2D eigenvalue weighted by molar-refractivity contribution is 0.0945. The molecule has 28 heavy (non-hydrogen) atoms. The summed E-state index contributed by atoms with van der Waals surface area (Å²) >= 11 is 0. The molecule has 6 heteroatoms. The van der Waals surface area contributed by atoms with Crippen LogP contribution in [0.2, 0.25) is 0 Å². The molecule has 0 atom stereocenters. The summed E-state index contributed by atoms with van der Waals surface area (Å²) in [5.41, 5.74) is 2.52. The molecule has 1 heterocycles. The Balaban J connectivity index is 1.68. The Morgan fingerprint density at radius 2 is 1.75 bits per heavy atom. The van der Waals surface area contributed by atoms with E-state index in [-0.39, 0.29) is 5.91 Å². The Morgan fingerprint density at radius 3 is 2.43 bits per heavy atom. The van der Waals surface area contributed by atoms with Gasteiger partial charge in [-0.3, -0.25) is 4.79 Å². The van der Waals surface area contributed by atoms with Crippen molar-refractivity contribution in [1.29, 1.82) is 0 Å². The van der Waals surface area contributed by atoms with Gasteiger partial charge in [-0.25, -0.2) is 9.97 Å². The molecular formula is C22H24N4O2. The summed E-state index contributed by atoms with van der Waals surface area (Å²) in [6.45, 7) is 2.91. The molecule has 0 saturated carbocycles. The van der Waals surface area contributed by atoms with Crippen LogP contribution in [-0.2, 0) is 13.1 Å². The number of carbonyl (C=O) groups excluding carboxylic acids is 1. The molecule has 0 saturated heterocycles. The first-order chi connectivity index (χ1) is 13.5. The minimum Gasteiger partial charge on any atom is -0.497 e. The van der Waals surface area contributed by atoms with Crippen molar-refractivity contribution >= 4 is 11.7 Å². The van der Waals surface area contributed by atoms with Crippen LogP contribution in [-0.4, -0.2) is 30.0 Å². The number of hydrogen-bond acceptors (Lipinski definition) is 5. The lowest BCUT2D eigenvalue weighted by Crippen LogP contribution is -2.25. The first kappa shape index (κ1) is 19.4. The van der Waals surface area contributed by atoms with Gasteiger partial charge in [0, 0.05) is 26.2 Å². The normalized spacial score (nSPS) is 10.4. The zero-order valence-electron chi connectivity index (χ0n) is 16.3. The molecule has 3 rings (SSSR count). The third-order valence-electron chi connectivity index (χ3n) is 4.32. The zero-order chi connectivity index (χ0) is 19.9. The van der Waals surface area contributed by atoms with Crippen molar-refractivity contribution in [2.75, 3.05) is 19.1 Å². The Morgan fingerprint density at radius 1 is 1.04 bits per heavy atom. The fourth-order valence-electron chi connectivity index (χ4n) is 2.82. The summed E-state index contributed by atoms with van der Waals surface area (Å²) in [6.07, 6.45) is 0. The predicted molar refractivity (Wildman–Crippen MR) is 109 cm³/mol. The molecule has 0 radical (unpaired) electrons. The van der Waals surface area contributed by atoms with Gasteiger partial charge in [-0.1, -0.05) is 42.5 Å². The third-order valence-corrected chi connectivity index (χ3v) is 4.32. The van der Waals surface area contributed by atoms with Crippen molar-refractivity contribution in [1.82, 2.24) is 15.3 Å². The number of methoxy groups -OCH3 is 1. The van der Waals surface area contributed by atoms with E-state index < -0.39 is 0 Å². The highest BCUT2D eigenvalue weighted by molar-refractivity contribution is 5.92. The lowest BCUT2D eigenvalue weighted by Gasteiger charge is -2.19. The van der Waals surface area contributed by atoms with Crippen LogP contribution in [0.15, 0.2) is 60.7 Å². The quantitative estimate of drug-likeness (QED) is 0.685. The number of amides is 1. The first-order valence-corrected chi connectivity index (χ1v) is 9.07. The Bertz CT molecular complexity index is 927. The van der Waals surface area contributed by atoms with Gasteiger partial charge in [0.2, 0.25) is 0 Å². The van der Waals surface area contributed by atoms with E-state index >= 15 is 0 Å². The molecule has 0 bridgehead atoms. The topological polar surface area (TPSA) is 67.3 Å². The molecule has 0 aliphatic heterocycles. The monoisotopic (exact) mass is 376 g/mol. The van der Waals surface area contributed by atoms with Crippen LogP contribution < -0.4 is 15.0 Å². The van der Waals surface area contributed by atoms with E-state index in [4.69, 9.17) is 4.74 Å². The van der Waals surface area contributed by atoms with E-state index in [1.54, 1.807) is 20.1 Å². The molecule has 0 aliphatic rings. The molecule has 1 amide bonds. The number of benzene rings is 2. The highest BCUT2D eigenvalue weighted by Gasteiger charge is 2.13. The molecule has 3 aromatic rings. The van der Waals surface area contributed by atoms with Crippen LogP contribution in [0, 0.1) is 6.92 Å². The second-order valence-electron chi connectivity index (χ2n) is 6.53. The van der Waals surface area contributed by atoms with Gasteiger partial charge >= 0.3 is 0 Å². The molecule has 0 fully saturated rings. The van der Waals surface area contributed by atoms with Gasteiger partial charge < -0.3 is 15.0 Å². The fraction of sp³-hybridized carbons (Fsp3) is 0.227. The van der Waals surface area contributed by atoms with Crippen LogP contribution in [0.5, 0.6) is 5.75 Å². The number of ether oxygens (including phenoxy) is 1. The zero-order valence-corrected chi connectivity index (χ0v) is 16.3. The second kappa shape index (κ2) is 8.99. The average molecular weight is 376 g/mol. The molecule has 2 aromatic carbocycles. The van der Waals surface area contributed by atoms with Crippen LogP contribution in [0.3, 0.4) is 0 Å². The SMILES string of the molecule is COc1ccc(CNC(=O)c2cc(N(C)Cc3ccccc3)nc(C)n2)cc1. The van der Waals surface area contributed by atoms with E-state index in [1.807, 2.05) is 54.4 Å². The van der Waals surface area contributed by atoms with Gasteiger partial charge in [0.05, 0.1) is 7.11 Å². The van der Waals surface area contributed by atoms with Gasteiger partial charge in [0.15, 0.2) is 0 Å². The number of aromatic nitrogens is 2. The fourth-order valence-corrected chi connectivity index (χ4v) is 2.82. The second-order valence-corrected chi connectivity index (χ2v) is 6.53. The van der Waals surface area contributed by atoms with E-state index in [2.05, 4.69) is 27.4 Å². The Kier molecular flexibility index (Phi) is 6.22. The molecule has 1 N–H and O–H groups in total. The standard InChI is InChI=1S/C22H24N4O2/c1-16-24-20(22(27)23-14-17-9-11-19(28-3)12-10-17)13-21(25-16)26(2)15-18-7-5-4-6-8-18/h4-13H,14-15H2,1-3H3,(H,23,27). The number of rotatable bonds is 7.